The van der Waals surface area contributed by atoms with Gasteiger partial charge in [0.25, 0.3) is 0 Å². The topological polar surface area (TPSA) is 43.8 Å². The van der Waals surface area contributed by atoms with Gasteiger partial charge in [-0.3, -0.25) is 4.68 Å². The molecule has 1 aromatic heterocycles. The third kappa shape index (κ3) is 1.78. The molecule has 3 nitrogen and oxygen atoms in total. The SMILES string of the molecule is CC(C)n1nc(CN)cc1C12CC3CC(CC(C3)C1)C2. The van der Waals surface area contributed by atoms with E-state index in [1.54, 1.807) is 0 Å². The number of rotatable bonds is 3. The van der Waals surface area contributed by atoms with Crippen LogP contribution in [0.25, 0.3) is 0 Å². The van der Waals surface area contributed by atoms with Crippen molar-refractivity contribution in [2.45, 2.75) is 70.4 Å². The van der Waals surface area contributed by atoms with Crippen LogP contribution in [0.2, 0.25) is 0 Å². The first kappa shape index (κ1) is 12.9. The highest BCUT2D eigenvalue weighted by molar-refractivity contribution is 5.26. The molecule has 4 aliphatic carbocycles. The Morgan fingerprint density at radius 2 is 1.75 bits per heavy atom. The Hall–Kier alpha value is -0.830. The first-order chi connectivity index (χ1) is 9.59. The Bertz CT molecular complexity index is 479. The number of aromatic nitrogens is 2. The highest BCUT2D eigenvalue weighted by Crippen LogP contribution is 2.60. The van der Waals surface area contributed by atoms with Crippen LogP contribution >= 0.6 is 0 Å². The Morgan fingerprint density at radius 3 is 2.20 bits per heavy atom. The summed E-state index contributed by atoms with van der Waals surface area (Å²) in [6.45, 7) is 5.06. The van der Waals surface area contributed by atoms with E-state index in [0.29, 0.717) is 18.0 Å². The fourth-order valence-electron chi connectivity index (χ4n) is 5.76. The second-order valence-corrected chi connectivity index (χ2v) is 7.96. The maximum Gasteiger partial charge on any atom is 0.0763 e. The minimum atomic E-state index is 0.430. The van der Waals surface area contributed by atoms with Crippen molar-refractivity contribution < 1.29 is 0 Å². The minimum absolute atomic E-state index is 0.430. The van der Waals surface area contributed by atoms with Gasteiger partial charge in [0.15, 0.2) is 0 Å². The maximum absolute atomic E-state index is 5.85. The monoisotopic (exact) mass is 273 g/mol. The summed E-state index contributed by atoms with van der Waals surface area (Å²) in [6, 6.07) is 2.77. The van der Waals surface area contributed by atoms with Crippen molar-refractivity contribution in [1.29, 1.82) is 0 Å². The normalized spacial score (nSPS) is 38.9. The molecular formula is C17H27N3. The van der Waals surface area contributed by atoms with E-state index in [1.165, 1.54) is 44.2 Å². The third-order valence-corrected chi connectivity index (χ3v) is 6.07. The van der Waals surface area contributed by atoms with Crippen LogP contribution in [0, 0.1) is 17.8 Å². The lowest BCUT2D eigenvalue weighted by atomic mass is 9.49. The second kappa shape index (κ2) is 4.33. The zero-order chi connectivity index (χ0) is 13.9. The molecule has 0 aliphatic heterocycles. The van der Waals surface area contributed by atoms with E-state index in [2.05, 4.69) is 24.6 Å². The molecule has 0 saturated heterocycles. The third-order valence-electron chi connectivity index (χ3n) is 6.07. The highest BCUT2D eigenvalue weighted by atomic mass is 15.3. The lowest BCUT2D eigenvalue weighted by molar-refractivity contribution is -0.00976. The summed E-state index contributed by atoms with van der Waals surface area (Å²) < 4.78 is 2.29. The molecule has 3 heteroatoms. The lowest BCUT2D eigenvalue weighted by Crippen LogP contribution is -2.49. The number of hydrogen-bond acceptors (Lipinski definition) is 2. The van der Waals surface area contributed by atoms with Gasteiger partial charge in [0.2, 0.25) is 0 Å². The van der Waals surface area contributed by atoms with Crippen LogP contribution in [0.15, 0.2) is 6.07 Å². The van der Waals surface area contributed by atoms with E-state index in [9.17, 15) is 0 Å². The minimum Gasteiger partial charge on any atom is -0.325 e. The molecule has 0 atom stereocenters. The first-order valence-electron chi connectivity index (χ1n) is 8.38. The van der Waals surface area contributed by atoms with E-state index in [0.717, 1.165) is 23.4 Å². The van der Waals surface area contributed by atoms with Crippen molar-refractivity contribution in [3.05, 3.63) is 17.5 Å². The number of nitrogens with two attached hydrogens (primary N) is 1. The van der Waals surface area contributed by atoms with Crippen LogP contribution < -0.4 is 5.73 Å². The summed E-state index contributed by atoms with van der Waals surface area (Å²) >= 11 is 0. The van der Waals surface area contributed by atoms with Crippen LogP contribution in [-0.4, -0.2) is 9.78 Å². The zero-order valence-corrected chi connectivity index (χ0v) is 12.8. The smallest absolute Gasteiger partial charge is 0.0763 e. The lowest BCUT2D eigenvalue weighted by Gasteiger charge is -2.57. The van der Waals surface area contributed by atoms with Gasteiger partial charge in [-0.05, 0) is 76.2 Å². The summed E-state index contributed by atoms with van der Waals surface area (Å²) in [4.78, 5) is 0. The molecule has 20 heavy (non-hydrogen) atoms. The maximum atomic E-state index is 5.85. The number of nitrogens with zero attached hydrogens (tertiary/aromatic N) is 2. The van der Waals surface area contributed by atoms with Crippen molar-refractivity contribution in [2.24, 2.45) is 23.5 Å². The summed E-state index contributed by atoms with van der Waals surface area (Å²) in [5.41, 5.74) is 8.86. The van der Waals surface area contributed by atoms with Gasteiger partial charge in [0.1, 0.15) is 0 Å². The summed E-state index contributed by atoms with van der Waals surface area (Å²) in [5.74, 6) is 2.95. The van der Waals surface area contributed by atoms with Crippen LogP contribution in [0.4, 0.5) is 0 Å². The quantitative estimate of drug-likeness (QED) is 0.917. The van der Waals surface area contributed by atoms with E-state index in [4.69, 9.17) is 10.8 Å². The molecule has 5 rings (SSSR count). The molecule has 0 unspecified atom stereocenters. The average molecular weight is 273 g/mol. The zero-order valence-electron chi connectivity index (χ0n) is 12.8. The Morgan fingerprint density at radius 1 is 1.20 bits per heavy atom. The van der Waals surface area contributed by atoms with E-state index < -0.39 is 0 Å². The molecule has 1 aromatic rings. The summed E-state index contributed by atoms with van der Waals surface area (Å²) in [7, 11) is 0. The molecule has 1 heterocycles. The first-order valence-corrected chi connectivity index (χ1v) is 8.38. The fraction of sp³-hybridized carbons (Fsp3) is 0.824. The average Bonchev–Trinajstić information content (AvgIpc) is 2.82. The molecule has 4 bridgehead atoms. The van der Waals surface area contributed by atoms with Gasteiger partial charge in [-0.25, -0.2) is 0 Å². The summed E-state index contributed by atoms with van der Waals surface area (Å²) in [6.07, 6.45) is 8.71. The van der Waals surface area contributed by atoms with Crippen molar-refractivity contribution in [2.75, 3.05) is 0 Å². The Balaban J connectivity index is 1.78. The fourth-order valence-corrected chi connectivity index (χ4v) is 5.76. The van der Waals surface area contributed by atoms with Crippen molar-refractivity contribution in [3.63, 3.8) is 0 Å². The molecule has 4 saturated carbocycles. The molecule has 2 N–H and O–H groups in total. The predicted molar refractivity (Wildman–Crippen MR) is 80.4 cm³/mol. The molecule has 0 aromatic carbocycles. The molecule has 4 aliphatic rings. The standard InChI is InChI=1S/C17H27N3/c1-11(2)20-16(6-15(10-18)19-20)17-7-12-3-13(8-17)5-14(4-12)9-17/h6,11-14H,3-5,7-10,18H2,1-2H3. The van der Waals surface area contributed by atoms with E-state index in [1.807, 2.05) is 0 Å². The molecule has 0 amide bonds. The Kier molecular flexibility index (Phi) is 2.79. The molecule has 110 valence electrons. The van der Waals surface area contributed by atoms with Crippen LogP contribution in [0.3, 0.4) is 0 Å². The van der Waals surface area contributed by atoms with Crippen molar-refractivity contribution in [3.8, 4) is 0 Å². The molecular weight excluding hydrogens is 246 g/mol. The van der Waals surface area contributed by atoms with Crippen molar-refractivity contribution in [1.82, 2.24) is 9.78 Å². The molecule has 0 spiro atoms. The van der Waals surface area contributed by atoms with Gasteiger partial charge < -0.3 is 5.73 Å². The van der Waals surface area contributed by atoms with Crippen LogP contribution in [-0.2, 0) is 12.0 Å². The van der Waals surface area contributed by atoms with Gasteiger partial charge in [-0.1, -0.05) is 0 Å². The largest absolute Gasteiger partial charge is 0.325 e. The van der Waals surface area contributed by atoms with E-state index >= 15 is 0 Å². The summed E-state index contributed by atoms with van der Waals surface area (Å²) in [5, 5.41) is 4.78. The van der Waals surface area contributed by atoms with Crippen LogP contribution in [0.5, 0.6) is 0 Å². The second-order valence-electron chi connectivity index (χ2n) is 7.96. The molecule has 4 fully saturated rings. The van der Waals surface area contributed by atoms with Gasteiger partial charge in [0, 0.05) is 23.7 Å². The Labute approximate surface area is 121 Å². The highest BCUT2D eigenvalue weighted by Gasteiger charge is 2.53. The van der Waals surface area contributed by atoms with Gasteiger partial charge in [-0.2, -0.15) is 5.10 Å². The van der Waals surface area contributed by atoms with Gasteiger partial charge in [0.05, 0.1) is 5.69 Å². The van der Waals surface area contributed by atoms with Crippen LogP contribution in [0.1, 0.15) is 69.8 Å². The number of hydrogen-bond donors (Lipinski definition) is 1. The van der Waals surface area contributed by atoms with Gasteiger partial charge in [-0.15, -0.1) is 0 Å². The molecule has 0 radical (unpaired) electrons. The van der Waals surface area contributed by atoms with Crippen molar-refractivity contribution >= 4 is 0 Å². The van der Waals surface area contributed by atoms with Gasteiger partial charge >= 0.3 is 0 Å². The predicted octanol–water partition coefficient (Wildman–Crippen LogP) is 3.39. The van der Waals surface area contributed by atoms with E-state index in [-0.39, 0.29) is 0 Å².